The van der Waals surface area contributed by atoms with E-state index in [9.17, 15) is 13.2 Å². The van der Waals surface area contributed by atoms with Crippen molar-refractivity contribution < 1.29 is 13.2 Å². The van der Waals surface area contributed by atoms with Gasteiger partial charge in [0.25, 0.3) is 0 Å². The van der Waals surface area contributed by atoms with Gasteiger partial charge in [-0.25, -0.2) is 18.1 Å². The molecule has 0 unspecified atom stereocenters. The van der Waals surface area contributed by atoms with Gasteiger partial charge in [-0.2, -0.15) is 0 Å². The summed E-state index contributed by atoms with van der Waals surface area (Å²) in [5, 5.41) is 1.02. The van der Waals surface area contributed by atoms with Gasteiger partial charge in [0.05, 0.1) is 16.1 Å². The third-order valence-corrected chi connectivity index (χ3v) is 7.06. The van der Waals surface area contributed by atoms with Gasteiger partial charge in [0.1, 0.15) is 0 Å². The largest absolute Gasteiger partial charge is 0.341 e. The molecule has 2 aromatic rings. The second-order valence-corrected chi connectivity index (χ2v) is 10.2. The molecule has 1 amide bonds. The van der Waals surface area contributed by atoms with E-state index >= 15 is 0 Å². The van der Waals surface area contributed by atoms with Crippen LogP contribution in [-0.4, -0.2) is 49.6 Å². The zero-order chi connectivity index (χ0) is 19.0. The number of hydrogen-bond acceptors (Lipinski definition) is 5. The summed E-state index contributed by atoms with van der Waals surface area (Å²) in [6.07, 6.45) is 5.49. The summed E-state index contributed by atoms with van der Waals surface area (Å²) < 4.78 is 25.5. The number of aromatic nitrogens is 1. The fraction of sp³-hybridized carbons (Fsp3) is 0.474. The smallest absolute Gasteiger partial charge is 0.226 e. The quantitative estimate of drug-likeness (QED) is 0.829. The molecular formula is C19H23N3O3S2. The SMILES string of the molecule is CS(=O)(=O)N[C@@H]1CCCN(C(=O)[C@@H]2C[C@H]2c2ncc(-c3ccccc3)s2)C1. The molecule has 1 aromatic heterocycles. The second-order valence-electron chi connectivity index (χ2n) is 7.39. The van der Waals surface area contributed by atoms with Crippen LogP contribution < -0.4 is 4.72 Å². The molecule has 1 saturated heterocycles. The van der Waals surface area contributed by atoms with E-state index in [2.05, 4.69) is 21.8 Å². The van der Waals surface area contributed by atoms with Crippen molar-refractivity contribution in [3.8, 4) is 10.4 Å². The third-order valence-electron chi connectivity index (χ3n) is 5.12. The predicted molar refractivity (Wildman–Crippen MR) is 106 cm³/mol. The molecule has 2 heterocycles. The van der Waals surface area contributed by atoms with E-state index in [0.29, 0.717) is 13.1 Å². The van der Waals surface area contributed by atoms with Gasteiger partial charge in [-0.1, -0.05) is 30.3 Å². The Morgan fingerprint density at radius 3 is 2.81 bits per heavy atom. The highest BCUT2D eigenvalue weighted by Gasteiger charge is 2.48. The molecular weight excluding hydrogens is 382 g/mol. The van der Waals surface area contributed by atoms with E-state index in [1.54, 1.807) is 11.3 Å². The minimum atomic E-state index is -3.25. The molecule has 6 nitrogen and oxygen atoms in total. The summed E-state index contributed by atoms with van der Waals surface area (Å²) in [6.45, 7) is 1.17. The summed E-state index contributed by atoms with van der Waals surface area (Å²) in [5.41, 5.74) is 1.15. The second kappa shape index (κ2) is 7.33. The lowest BCUT2D eigenvalue weighted by Crippen LogP contribution is -2.49. The minimum absolute atomic E-state index is 0.0169. The average Bonchev–Trinajstić information content (AvgIpc) is 3.28. The number of benzene rings is 1. The lowest BCUT2D eigenvalue weighted by molar-refractivity contribution is -0.133. The number of sulfonamides is 1. The maximum Gasteiger partial charge on any atom is 0.226 e. The Labute approximate surface area is 163 Å². The molecule has 1 aliphatic carbocycles. The Balaban J connectivity index is 1.38. The van der Waals surface area contributed by atoms with Crippen molar-refractivity contribution >= 4 is 27.3 Å². The molecule has 1 saturated carbocycles. The van der Waals surface area contributed by atoms with E-state index in [-0.39, 0.29) is 23.8 Å². The van der Waals surface area contributed by atoms with Crippen molar-refractivity contribution in [2.75, 3.05) is 19.3 Å². The van der Waals surface area contributed by atoms with Crippen molar-refractivity contribution in [2.24, 2.45) is 5.92 Å². The Bertz CT molecular complexity index is 927. The Morgan fingerprint density at radius 1 is 1.30 bits per heavy atom. The third kappa shape index (κ3) is 4.39. The maximum absolute atomic E-state index is 12.9. The molecule has 8 heteroatoms. The zero-order valence-corrected chi connectivity index (χ0v) is 16.8. The summed E-state index contributed by atoms with van der Waals surface area (Å²) in [7, 11) is -3.25. The lowest BCUT2D eigenvalue weighted by atomic mass is 10.1. The molecule has 144 valence electrons. The van der Waals surface area contributed by atoms with Gasteiger partial charge >= 0.3 is 0 Å². The number of carbonyl (C=O) groups excluding carboxylic acids is 1. The van der Waals surface area contributed by atoms with Crippen LogP contribution in [0, 0.1) is 5.92 Å². The van der Waals surface area contributed by atoms with E-state index in [4.69, 9.17) is 0 Å². The number of likely N-dealkylation sites (tertiary alicyclic amines) is 1. The van der Waals surface area contributed by atoms with Crippen LogP contribution >= 0.6 is 11.3 Å². The van der Waals surface area contributed by atoms with E-state index in [1.165, 1.54) is 0 Å². The highest BCUT2D eigenvalue weighted by atomic mass is 32.2. The van der Waals surface area contributed by atoms with Crippen molar-refractivity contribution in [3.05, 3.63) is 41.5 Å². The van der Waals surface area contributed by atoms with Crippen LogP contribution in [0.1, 0.15) is 30.2 Å². The highest BCUT2D eigenvalue weighted by molar-refractivity contribution is 7.88. The van der Waals surface area contributed by atoms with Crippen LogP contribution in [0.4, 0.5) is 0 Å². The zero-order valence-electron chi connectivity index (χ0n) is 15.2. The predicted octanol–water partition coefficient (Wildman–Crippen LogP) is 2.45. The van der Waals surface area contributed by atoms with Crippen molar-refractivity contribution in [3.63, 3.8) is 0 Å². The summed E-state index contributed by atoms with van der Waals surface area (Å²) in [6, 6.07) is 9.96. The van der Waals surface area contributed by atoms with Crippen LogP contribution in [0.3, 0.4) is 0 Å². The average molecular weight is 406 g/mol. The number of rotatable bonds is 5. The van der Waals surface area contributed by atoms with Crippen LogP contribution in [-0.2, 0) is 14.8 Å². The maximum atomic E-state index is 12.9. The van der Waals surface area contributed by atoms with Gasteiger partial charge < -0.3 is 4.90 Å². The van der Waals surface area contributed by atoms with E-state index in [0.717, 1.165) is 41.0 Å². The van der Waals surface area contributed by atoms with Gasteiger partial charge in [0.15, 0.2) is 0 Å². The fourth-order valence-corrected chi connectivity index (χ4v) is 5.65. The number of nitrogens with one attached hydrogen (secondary N) is 1. The molecule has 1 aliphatic heterocycles. The first kappa shape index (κ1) is 18.6. The van der Waals surface area contributed by atoms with Gasteiger partial charge in [-0.15, -0.1) is 11.3 Å². The number of hydrogen-bond donors (Lipinski definition) is 1. The van der Waals surface area contributed by atoms with Crippen LogP contribution in [0.25, 0.3) is 10.4 Å². The molecule has 3 atom stereocenters. The fourth-order valence-electron chi connectivity index (χ4n) is 3.75. The molecule has 1 aromatic carbocycles. The normalized spacial score (nSPS) is 25.4. The molecule has 27 heavy (non-hydrogen) atoms. The summed E-state index contributed by atoms with van der Waals surface area (Å²) in [5.74, 6) is 0.316. The first-order valence-electron chi connectivity index (χ1n) is 9.18. The number of carbonyl (C=O) groups is 1. The van der Waals surface area contributed by atoms with Gasteiger partial charge in [0.2, 0.25) is 15.9 Å². The number of amides is 1. The number of thiazole rings is 1. The molecule has 2 fully saturated rings. The van der Waals surface area contributed by atoms with Crippen LogP contribution in [0.15, 0.2) is 36.5 Å². The number of nitrogens with zero attached hydrogens (tertiary/aromatic N) is 2. The molecule has 1 N–H and O–H groups in total. The first-order chi connectivity index (χ1) is 12.9. The molecule has 2 aliphatic rings. The van der Waals surface area contributed by atoms with Crippen molar-refractivity contribution in [1.82, 2.24) is 14.6 Å². The van der Waals surface area contributed by atoms with Crippen LogP contribution in [0.2, 0.25) is 0 Å². The Kier molecular flexibility index (Phi) is 5.05. The van der Waals surface area contributed by atoms with Crippen molar-refractivity contribution in [2.45, 2.75) is 31.2 Å². The van der Waals surface area contributed by atoms with Gasteiger partial charge in [-0.05, 0) is 24.8 Å². The van der Waals surface area contributed by atoms with E-state index < -0.39 is 10.0 Å². The Morgan fingerprint density at radius 2 is 2.07 bits per heavy atom. The number of piperidine rings is 1. The topological polar surface area (TPSA) is 79.4 Å². The molecule has 4 rings (SSSR count). The highest BCUT2D eigenvalue weighted by Crippen LogP contribution is 2.50. The first-order valence-corrected chi connectivity index (χ1v) is 11.9. The molecule has 0 spiro atoms. The lowest BCUT2D eigenvalue weighted by Gasteiger charge is -2.33. The monoisotopic (exact) mass is 405 g/mol. The summed E-state index contributed by atoms with van der Waals surface area (Å²) in [4.78, 5) is 20.4. The Hall–Kier alpha value is -1.77. The minimum Gasteiger partial charge on any atom is -0.341 e. The molecule has 0 bridgehead atoms. The van der Waals surface area contributed by atoms with Gasteiger partial charge in [0, 0.05) is 37.2 Å². The molecule has 0 radical (unpaired) electrons. The van der Waals surface area contributed by atoms with E-state index in [1.807, 2.05) is 29.3 Å². The van der Waals surface area contributed by atoms with Crippen molar-refractivity contribution in [1.29, 1.82) is 0 Å². The summed E-state index contributed by atoms with van der Waals surface area (Å²) >= 11 is 1.66. The standard InChI is InChI=1S/C19H23N3O3S2/c1-27(24,25)21-14-8-5-9-22(12-14)19(23)16-10-15(16)18-20-11-17(26-18)13-6-3-2-4-7-13/h2-4,6-7,11,14-16,21H,5,8-10,12H2,1H3/t14-,15-,16-/m1/s1. The van der Waals surface area contributed by atoms with Crippen LogP contribution in [0.5, 0.6) is 0 Å². The van der Waals surface area contributed by atoms with Gasteiger partial charge in [-0.3, -0.25) is 4.79 Å².